The Balaban J connectivity index is 1.44. The van der Waals surface area contributed by atoms with Crippen LogP contribution in [0, 0.1) is 5.92 Å². The van der Waals surface area contributed by atoms with Gasteiger partial charge in [0.1, 0.15) is 0 Å². The molecule has 1 saturated carbocycles. The summed E-state index contributed by atoms with van der Waals surface area (Å²) in [5.41, 5.74) is 1.24. The van der Waals surface area contributed by atoms with E-state index in [9.17, 15) is 4.79 Å². The zero-order valence-corrected chi connectivity index (χ0v) is 15.3. The molecule has 2 aliphatic rings. The van der Waals surface area contributed by atoms with Crippen LogP contribution >= 0.6 is 11.3 Å². The Hall–Kier alpha value is -0.940. The molecule has 1 saturated heterocycles. The minimum Gasteiger partial charge on any atom is -0.354 e. The number of carbonyl (C=O) groups excluding carboxylic acids is 1. The average Bonchev–Trinajstić information content (AvgIpc) is 3.13. The number of hydrogen-bond acceptors (Lipinski definition) is 4. The van der Waals surface area contributed by atoms with Crippen molar-refractivity contribution in [2.24, 2.45) is 5.92 Å². The third kappa shape index (κ3) is 4.13. The predicted molar refractivity (Wildman–Crippen MR) is 94.8 cm³/mol. The highest BCUT2D eigenvalue weighted by molar-refractivity contribution is 7.09. The van der Waals surface area contributed by atoms with E-state index in [0.717, 1.165) is 23.5 Å². The normalized spacial score (nSPS) is 27.7. The minimum absolute atomic E-state index is 0.0181. The van der Waals surface area contributed by atoms with Crippen LogP contribution in [0.25, 0.3) is 0 Å². The first-order valence-electron chi connectivity index (χ1n) is 8.92. The van der Waals surface area contributed by atoms with E-state index in [1.54, 1.807) is 11.3 Å². The van der Waals surface area contributed by atoms with Crippen molar-refractivity contribution in [3.63, 3.8) is 0 Å². The van der Waals surface area contributed by atoms with E-state index < -0.39 is 0 Å². The molecule has 0 aromatic carbocycles. The number of fused-ring (bicyclic) bond motifs is 1. The van der Waals surface area contributed by atoms with Gasteiger partial charge in [-0.2, -0.15) is 0 Å². The van der Waals surface area contributed by atoms with Crippen molar-refractivity contribution in [1.82, 2.24) is 15.6 Å². The predicted octanol–water partition coefficient (Wildman–Crippen LogP) is 3.02. The van der Waals surface area contributed by atoms with Crippen LogP contribution in [-0.2, 0) is 16.6 Å². The molecule has 1 aromatic rings. The fraction of sp³-hybridized carbons (Fsp3) is 0.778. The number of carbonyl (C=O) groups is 1. The Kier molecular flexibility index (Phi) is 5.07. The summed E-state index contributed by atoms with van der Waals surface area (Å²) < 4.78 is 0. The van der Waals surface area contributed by atoms with Crippen molar-refractivity contribution in [3.05, 3.63) is 16.1 Å². The van der Waals surface area contributed by atoms with Crippen molar-refractivity contribution in [2.75, 3.05) is 6.54 Å². The number of amides is 1. The van der Waals surface area contributed by atoms with E-state index >= 15 is 0 Å². The second kappa shape index (κ2) is 6.89. The van der Waals surface area contributed by atoms with Gasteiger partial charge in [-0.1, -0.05) is 33.6 Å². The van der Waals surface area contributed by atoms with Gasteiger partial charge in [0, 0.05) is 29.8 Å². The molecule has 2 heterocycles. The topological polar surface area (TPSA) is 54.0 Å². The van der Waals surface area contributed by atoms with Crippen LogP contribution in [0.3, 0.4) is 0 Å². The fourth-order valence-corrected chi connectivity index (χ4v) is 4.73. The van der Waals surface area contributed by atoms with Gasteiger partial charge in [0.15, 0.2) is 0 Å². The summed E-state index contributed by atoms with van der Waals surface area (Å²) in [6, 6.07) is 0.595. The smallest absolute Gasteiger partial charge is 0.237 e. The zero-order valence-electron chi connectivity index (χ0n) is 14.5. The lowest BCUT2D eigenvalue weighted by Gasteiger charge is -2.24. The molecular formula is C18H29N3OS. The van der Waals surface area contributed by atoms with Crippen LogP contribution in [0.15, 0.2) is 5.38 Å². The minimum atomic E-state index is 0.0181. The first-order valence-corrected chi connectivity index (χ1v) is 9.80. The van der Waals surface area contributed by atoms with Gasteiger partial charge in [0.05, 0.1) is 16.7 Å². The van der Waals surface area contributed by atoms with Gasteiger partial charge in [-0.15, -0.1) is 11.3 Å². The molecule has 3 unspecified atom stereocenters. The molecule has 1 aliphatic carbocycles. The number of aromatic nitrogens is 1. The average molecular weight is 336 g/mol. The first kappa shape index (κ1) is 16.9. The van der Waals surface area contributed by atoms with Crippen LogP contribution in [0.1, 0.15) is 63.6 Å². The van der Waals surface area contributed by atoms with Gasteiger partial charge in [-0.05, 0) is 25.2 Å². The van der Waals surface area contributed by atoms with Gasteiger partial charge < -0.3 is 10.6 Å². The molecule has 0 radical (unpaired) electrons. The van der Waals surface area contributed by atoms with Gasteiger partial charge in [-0.3, -0.25) is 4.79 Å². The number of hydrogen-bond donors (Lipinski definition) is 2. The van der Waals surface area contributed by atoms with E-state index in [2.05, 4.69) is 41.8 Å². The van der Waals surface area contributed by atoms with Crippen LogP contribution in [-0.4, -0.2) is 29.5 Å². The number of thiazole rings is 1. The van der Waals surface area contributed by atoms with Crippen LogP contribution in [0.5, 0.6) is 0 Å². The lowest BCUT2D eigenvalue weighted by Crippen LogP contribution is -2.43. The van der Waals surface area contributed by atoms with E-state index in [4.69, 9.17) is 0 Å². The standard InChI is InChI=1S/C18H29N3OS/c1-18(2,3)15-11-23-16(21-15)8-9-19-17(22)14-10-12-6-4-5-7-13(12)20-14/h11-14,20H,4-10H2,1-3H3,(H,19,22). The lowest BCUT2D eigenvalue weighted by atomic mass is 9.85. The van der Waals surface area contributed by atoms with E-state index in [1.807, 2.05) is 0 Å². The Bertz CT molecular complexity index is 535. The molecule has 1 aromatic heterocycles. The maximum atomic E-state index is 12.4. The van der Waals surface area contributed by atoms with E-state index in [-0.39, 0.29) is 17.4 Å². The van der Waals surface area contributed by atoms with Crippen LogP contribution in [0.2, 0.25) is 0 Å². The molecule has 1 aliphatic heterocycles. The quantitative estimate of drug-likeness (QED) is 0.889. The third-order valence-electron chi connectivity index (χ3n) is 5.14. The van der Waals surface area contributed by atoms with Crippen LogP contribution < -0.4 is 10.6 Å². The highest BCUT2D eigenvalue weighted by Crippen LogP contribution is 2.33. The largest absolute Gasteiger partial charge is 0.354 e. The molecule has 128 valence electrons. The maximum Gasteiger partial charge on any atom is 0.237 e. The van der Waals surface area contributed by atoms with Crippen molar-refractivity contribution in [1.29, 1.82) is 0 Å². The van der Waals surface area contributed by atoms with Crippen molar-refractivity contribution in [2.45, 2.75) is 76.8 Å². The molecular weight excluding hydrogens is 306 g/mol. The lowest BCUT2D eigenvalue weighted by molar-refractivity contribution is -0.122. The molecule has 4 nitrogen and oxygen atoms in total. The molecule has 5 heteroatoms. The monoisotopic (exact) mass is 335 g/mol. The summed E-state index contributed by atoms with van der Waals surface area (Å²) in [5.74, 6) is 0.889. The van der Waals surface area contributed by atoms with Gasteiger partial charge >= 0.3 is 0 Å². The second-order valence-electron chi connectivity index (χ2n) is 8.02. The van der Waals surface area contributed by atoms with Crippen LogP contribution in [0.4, 0.5) is 0 Å². The second-order valence-corrected chi connectivity index (χ2v) is 8.97. The van der Waals surface area contributed by atoms with Gasteiger partial charge in [0.25, 0.3) is 0 Å². The molecule has 3 atom stereocenters. The molecule has 0 spiro atoms. The van der Waals surface area contributed by atoms with Gasteiger partial charge in [0.2, 0.25) is 5.91 Å². The summed E-state index contributed by atoms with van der Waals surface area (Å²) in [6.07, 6.45) is 7.01. The molecule has 3 rings (SSSR count). The summed E-state index contributed by atoms with van der Waals surface area (Å²) in [7, 11) is 0. The number of nitrogens with one attached hydrogen (secondary N) is 2. The Morgan fingerprint density at radius 2 is 2.17 bits per heavy atom. The summed E-state index contributed by atoms with van der Waals surface area (Å²) in [4.78, 5) is 17.0. The maximum absolute atomic E-state index is 12.4. The highest BCUT2D eigenvalue weighted by Gasteiger charge is 2.37. The van der Waals surface area contributed by atoms with E-state index in [1.165, 1.54) is 25.7 Å². The number of rotatable bonds is 4. The fourth-order valence-electron chi connectivity index (χ4n) is 3.71. The zero-order chi connectivity index (χ0) is 16.4. The van der Waals surface area contributed by atoms with Crippen molar-refractivity contribution < 1.29 is 4.79 Å². The SMILES string of the molecule is CC(C)(C)c1csc(CCNC(=O)C2CC3CCCCC3N2)n1. The Morgan fingerprint density at radius 1 is 1.39 bits per heavy atom. The summed E-state index contributed by atoms with van der Waals surface area (Å²) >= 11 is 1.70. The molecule has 23 heavy (non-hydrogen) atoms. The first-order chi connectivity index (χ1) is 10.9. The third-order valence-corrected chi connectivity index (χ3v) is 6.05. The Labute approximate surface area is 143 Å². The molecule has 1 amide bonds. The molecule has 0 bridgehead atoms. The number of nitrogens with zero attached hydrogens (tertiary/aromatic N) is 1. The molecule has 2 fully saturated rings. The molecule has 2 N–H and O–H groups in total. The summed E-state index contributed by atoms with van der Waals surface area (Å²) in [6.45, 7) is 7.22. The van der Waals surface area contributed by atoms with E-state index in [0.29, 0.717) is 18.5 Å². The van der Waals surface area contributed by atoms with Crippen molar-refractivity contribution >= 4 is 17.2 Å². The highest BCUT2D eigenvalue weighted by atomic mass is 32.1. The Morgan fingerprint density at radius 3 is 2.87 bits per heavy atom. The van der Waals surface area contributed by atoms with Gasteiger partial charge in [-0.25, -0.2) is 4.98 Å². The summed E-state index contributed by atoms with van der Waals surface area (Å²) in [5, 5.41) is 9.89. The van der Waals surface area contributed by atoms with Crippen molar-refractivity contribution in [3.8, 4) is 0 Å².